The zero-order valence-corrected chi connectivity index (χ0v) is 14.2. The quantitative estimate of drug-likeness (QED) is 0.732. The third-order valence-corrected chi connectivity index (χ3v) is 4.86. The van der Waals surface area contributed by atoms with Crippen LogP contribution >= 0.6 is 11.3 Å². The van der Waals surface area contributed by atoms with Crippen LogP contribution in [-0.4, -0.2) is 18.9 Å². The van der Waals surface area contributed by atoms with Crippen LogP contribution in [0.1, 0.15) is 25.6 Å². The molecule has 0 saturated carbocycles. The Morgan fingerprint density at radius 2 is 2.00 bits per heavy atom. The minimum atomic E-state index is -0.583. The number of hydrogen-bond donors (Lipinski definition) is 2. The second-order valence-electron chi connectivity index (χ2n) is 5.35. The number of benzene rings is 2. The molecule has 0 bridgehead atoms. The predicted molar refractivity (Wildman–Crippen MR) is 95.4 cm³/mol. The summed E-state index contributed by atoms with van der Waals surface area (Å²) in [7, 11) is 1.49. The maximum Gasteiger partial charge on any atom is 0.266 e. The normalized spacial score (nSPS) is 10.8. The van der Waals surface area contributed by atoms with Crippen LogP contribution in [0.2, 0.25) is 0 Å². The van der Waals surface area contributed by atoms with E-state index in [0.29, 0.717) is 26.2 Å². The largest absolute Gasteiger partial charge is 0.380 e. The zero-order chi connectivity index (χ0) is 18.0. The van der Waals surface area contributed by atoms with E-state index in [4.69, 9.17) is 10.5 Å². The molecule has 0 fully saturated rings. The van der Waals surface area contributed by atoms with Crippen LogP contribution in [0.5, 0.6) is 0 Å². The Hall–Kier alpha value is -2.77. The van der Waals surface area contributed by atoms with Crippen molar-refractivity contribution >= 4 is 38.9 Å². The van der Waals surface area contributed by atoms with Crippen molar-refractivity contribution in [3.05, 3.63) is 64.3 Å². The van der Waals surface area contributed by atoms with Gasteiger partial charge in [0.15, 0.2) is 0 Å². The van der Waals surface area contributed by atoms with Gasteiger partial charge in [-0.15, -0.1) is 11.3 Å². The van der Waals surface area contributed by atoms with E-state index in [9.17, 15) is 14.0 Å². The van der Waals surface area contributed by atoms with Crippen molar-refractivity contribution in [3.63, 3.8) is 0 Å². The van der Waals surface area contributed by atoms with Gasteiger partial charge in [0.25, 0.3) is 5.91 Å². The molecule has 0 unspecified atom stereocenters. The lowest BCUT2D eigenvalue weighted by Crippen LogP contribution is -2.14. The summed E-state index contributed by atoms with van der Waals surface area (Å²) < 4.78 is 20.0. The third kappa shape index (κ3) is 3.38. The van der Waals surface area contributed by atoms with Crippen LogP contribution in [0.3, 0.4) is 0 Å². The summed E-state index contributed by atoms with van der Waals surface area (Å²) in [6.07, 6.45) is 0. The molecule has 2 amide bonds. The molecule has 0 spiro atoms. The average molecular weight is 358 g/mol. The molecule has 5 nitrogen and oxygen atoms in total. The Balaban J connectivity index is 1.99. The molecule has 0 saturated heterocycles. The summed E-state index contributed by atoms with van der Waals surface area (Å²) in [5, 5.41) is 3.11. The summed E-state index contributed by atoms with van der Waals surface area (Å²) in [6.45, 7) is 0.116. The van der Waals surface area contributed by atoms with Crippen molar-refractivity contribution in [2.45, 2.75) is 6.61 Å². The van der Waals surface area contributed by atoms with Crippen molar-refractivity contribution in [3.8, 4) is 0 Å². The van der Waals surface area contributed by atoms with Crippen LogP contribution in [0.15, 0.2) is 42.5 Å². The number of primary amides is 1. The van der Waals surface area contributed by atoms with E-state index in [2.05, 4.69) is 5.32 Å². The fourth-order valence-corrected chi connectivity index (χ4v) is 3.69. The minimum Gasteiger partial charge on any atom is -0.380 e. The van der Waals surface area contributed by atoms with Gasteiger partial charge in [0.1, 0.15) is 5.82 Å². The van der Waals surface area contributed by atoms with Crippen LogP contribution < -0.4 is 11.1 Å². The van der Waals surface area contributed by atoms with Gasteiger partial charge in [-0.1, -0.05) is 12.1 Å². The second-order valence-corrected chi connectivity index (χ2v) is 6.41. The summed E-state index contributed by atoms with van der Waals surface area (Å²) in [4.78, 5) is 24.3. The number of hydrogen-bond acceptors (Lipinski definition) is 4. The second kappa shape index (κ2) is 7.00. The first-order valence-corrected chi connectivity index (χ1v) is 8.23. The standard InChI is InChI=1S/C18H15FN2O3S/c1-24-9-12-15-13(19)6-3-7-14(15)25-16(12)18(23)21-11-5-2-4-10(8-11)17(20)22/h2-8H,9H2,1H3,(H2,20,22)(H,21,23). The fraction of sp³-hybridized carbons (Fsp3) is 0.111. The first-order chi connectivity index (χ1) is 12.0. The highest BCUT2D eigenvalue weighted by atomic mass is 32.1. The van der Waals surface area contributed by atoms with Gasteiger partial charge in [0.2, 0.25) is 5.91 Å². The highest BCUT2D eigenvalue weighted by molar-refractivity contribution is 7.21. The fourth-order valence-electron chi connectivity index (χ4n) is 2.57. The van der Waals surface area contributed by atoms with Gasteiger partial charge in [0, 0.05) is 34.0 Å². The Bertz CT molecular complexity index is 968. The number of fused-ring (bicyclic) bond motifs is 1. The lowest BCUT2D eigenvalue weighted by Gasteiger charge is -2.07. The van der Waals surface area contributed by atoms with Crippen LogP contribution in [0, 0.1) is 5.82 Å². The Morgan fingerprint density at radius 3 is 2.72 bits per heavy atom. The van der Waals surface area contributed by atoms with Crippen molar-refractivity contribution in [1.82, 2.24) is 0 Å². The van der Waals surface area contributed by atoms with E-state index in [1.54, 1.807) is 30.3 Å². The SMILES string of the molecule is COCc1c(C(=O)Nc2cccc(C(N)=O)c2)sc2cccc(F)c12. The maximum absolute atomic E-state index is 14.2. The van der Waals surface area contributed by atoms with Crippen LogP contribution in [0.4, 0.5) is 10.1 Å². The number of ether oxygens (including phenoxy) is 1. The molecule has 1 aromatic heterocycles. The molecule has 0 atom stereocenters. The number of carbonyl (C=O) groups excluding carboxylic acids is 2. The smallest absolute Gasteiger partial charge is 0.266 e. The molecular formula is C18H15FN2O3S. The summed E-state index contributed by atoms with van der Waals surface area (Å²) in [5.74, 6) is -1.37. The molecule has 0 aliphatic heterocycles. The first-order valence-electron chi connectivity index (χ1n) is 7.41. The molecule has 3 N–H and O–H groups in total. The van der Waals surface area contributed by atoms with Gasteiger partial charge in [-0.2, -0.15) is 0 Å². The van der Waals surface area contributed by atoms with Gasteiger partial charge < -0.3 is 15.8 Å². The van der Waals surface area contributed by atoms with E-state index in [-0.39, 0.29) is 12.2 Å². The summed E-state index contributed by atoms with van der Waals surface area (Å²) >= 11 is 1.19. The van der Waals surface area contributed by atoms with E-state index in [0.717, 1.165) is 0 Å². The molecule has 1 heterocycles. The molecule has 2 aromatic carbocycles. The highest BCUT2D eigenvalue weighted by Crippen LogP contribution is 2.34. The molecule has 0 radical (unpaired) electrons. The van der Waals surface area contributed by atoms with Gasteiger partial charge in [-0.3, -0.25) is 9.59 Å². The van der Waals surface area contributed by atoms with Gasteiger partial charge in [-0.25, -0.2) is 4.39 Å². The van der Waals surface area contributed by atoms with Crippen molar-refractivity contribution < 1.29 is 18.7 Å². The number of rotatable bonds is 5. The predicted octanol–water partition coefficient (Wildman–Crippen LogP) is 3.54. The Morgan fingerprint density at radius 1 is 1.24 bits per heavy atom. The van der Waals surface area contributed by atoms with E-state index in [1.807, 2.05) is 0 Å². The lowest BCUT2D eigenvalue weighted by atomic mass is 10.1. The zero-order valence-electron chi connectivity index (χ0n) is 13.3. The number of carbonyl (C=O) groups is 2. The minimum absolute atomic E-state index is 0.116. The molecule has 3 rings (SSSR count). The molecule has 25 heavy (non-hydrogen) atoms. The van der Waals surface area contributed by atoms with Crippen LogP contribution in [0.25, 0.3) is 10.1 Å². The molecule has 3 aromatic rings. The number of methoxy groups -OCH3 is 1. The van der Waals surface area contributed by atoms with E-state index >= 15 is 0 Å². The number of nitrogens with two attached hydrogens (primary N) is 1. The van der Waals surface area contributed by atoms with Crippen molar-refractivity contribution in [2.24, 2.45) is 5.73 Å². The van der Waals surface area contributed by atoms with Gasteiger partial charge in [-0.05, 0) is 30.3 Å². The van der Waals surface area contributed by atoms with Crippen molar-refractivity contribution in [2.75, 3.05) is 12.4 Å². The molecule has 128 valence electrons. The number of amides is 2. The van der Waals surface area contributed by atoms with Gasteiger partial charge >= 0.3 is 0 Å². The number of halogens is 1. The molecule has 0 aliphatic rings. The monoisotopic (exact) mass is 358 g/mol. The van der Waals surface area contributed by atoms with Gasteiger partial charge in [0.05, 0.1) is 11.5 Å². The lowest BCUT2D eigenvalue weighted by molar-refractivity contribution is 0.0996. The Kier molecular flexibility index (Phi) is 4.78. The first kappa shape index (κ1) is 17.1. The number of thiophene rings is 1. The third-order valence-electron chi connectivity index (χ3n) is 3.66. The number of nitrogens with one attached hydrogen (secondary N) is 1. The number of anilines is 1. The molecule has 0 aliphatic carbocycles. The molecule has 7 heteroatoms. The summed E-state index contributed by atoms with van der Waals surface area (Å²) in [6, 6.07) is 11.0. The van der Waals surface area contributed by atoms with Crippen LogP contribution in [-0.2, 0) is 11.3 Å². The van der Waals surface area contributed by atoms with Crippen molar-refractivity contribution in [1.29, 1.82) is 0 Å². The highest BCUT2D eigenvalue weighted by Gasteiger charge is 2.21. The average Bonchev–Trinajstić information content (AvgIpc) is 2.95. The maximum atomic E-state index is 14.2. The Labute approximate surface area is 147 Å². The van der Waals surface area contributed by atoms with E-state index in [1.165, 1.54) is 30.6 Å². The summed E-state index contributed by atoms with van der Waals surface area (Å²) in [5.41, 5.74) is 6.47. The molecular weight excluding hydrogens is 343 g/mol. The topological polar surface area (TPSA) is 81.4 Å². The van der Waals surface area contributed by atoms with E-state index < -0.39 is 17.6 Å².